The van der Waals surface area contributed by atoms with Crippen molar-refractivity contribution < 1.29 is 18.7 Å². The van der Waals surface area contributed by atoms with E-state index in [4.69, 9.17) is 4.42 Å². The number of carbonyl (C=O) groups excluding carboxylic acids is 2. The molecule has 0 fully saturated rings. The molecule has 0 saturated heterocycles. The molecule has 2 aromatic heterocycles. The van der Waals surface area contributed by atoms with Crippen LogP contribution in [0, 0.1) is 25.2 Å². The summed E-state index contributed by atoms with van der Waals surface area (Å²) in [6.07, 6.45) is 1.43. The van der Waals surface area contributed by atoms with Crippen molar-refractivity contribution in [3.63, 3.8) is 0 Å². The Morgan fingerprint density at radius 3 is 2.59 bits per heavy atom. The van der Waals surface area contributed by atoms with E-state index in [-0.39, 0.29) is 22.8 Å². The Bertz CT molecular complexity index is 1060. The molecule has 0 bridgehead atoms. The minimum atomic E-state index is -0.707. The van der Waals surface area contributed by atoms with E-state index in [1.165, 1.54) is 20.2 Å². The topological polar surface area (TPSA) is 110 Å². The second kappa shape index (κ2) is 7.17. The highest BCUT2D eigenvalue weighted by atomic mass is 16.5. The molecule has 1 amide bonds. The van der Waals surface area contributed by atoms with Gasteiger partial charge in [-0.15, -0.1) is 0 Å². The number of esters is 1. The van der Waals surface area contributed by atoms with Gasteiger partial charge in [0.15, 0.2) is 0 Å². The summed E-state index contributed by atoms with van der Waals surface area (Å²) in [5.74, 6) is -1.13. The van der Waals surface area contributed by atoms with E-state index in [1.807, 2.05) is 36.4 Å². The van der Waals surface area contributed by atoms with Crippen LogP contribution in [-0.2, 0) is 4.74 Å². The number of hydrogen-bond acceptors (Lipinski definition) is 6. The van der Waals surface area contributed by atoms with Crippen molar-refractivity contribution in [2.24, 2.45) is 0 Å². The first-order chi connectivity index (χ1) is 13.0. The molecule has 8 nitrogen and oxygen atoms in total. The number of aryl methyl sites for hydroxylation is 1. The van der Waals surface area contributed by atoms with Crippen LogP contribution in [0.15, 0.2) is 40.9 Å². The maximum absolute atomic E-state index is 12.7. The number of amides is 1. The predicted octanol–water partition coefficient (Wildman–Crippen LogP) is 2.99. The molecule has 0 saturated carbocycles. The van der Waals surface area contributed by atoms with Gasteiger partial charge in [0.25, 0.3) is 5.91 Å². The lowest BCUT2D eigenvalue weighted by Gasteiger charge is -2.05. The molecule has 0 aliphatic carbocycles. The van der Waals surface area contributed by atoms with Gasteiger partial charge in [-0.25, -0.2) is 9.48 Å². The summed E-state index contributed by atoms with van der Waals surface area (Å²) in [7, 11) is 1.20. The van der Waals surface area contributed by atoms with Crippen molar-refractivity contribution in [2.45, 2.75) is 13.8 Å². The lowest BCUT2D eigenvalue weighted by atomic mass is 10.1. The van der Waals surface area contributed by atoms with E-state index in [2.05, 4.69) is 15.2 Å². The van der Waals surface area contributed by atoms with Crippen LogP contribution in [0.4, 0.5) is 5.88 Å². The maximum atomic E-state index is 12.7. The van der Waals surface area contributed by atoms with Gasteiger partial charge >= 0.3 is 5.97 Å². The second-order valence-electron chi connectivity index (χ2n) is 5.69. The van der Waals surface area contributed by atoms with Crippen LogP contribution in [0.2, 0.25) is 0 Å². The molecule has 136 valence electrons. The molecule has 27 heavy (non-hydrogen) atoms. The highest BCUT2D eigenvalue weighted by Gasteiger charge is 2.26. The Morgan fingerprint density at radius 1 is 1.26 bits per heavy atom. The van der Waals surface area contributed by atoms with Gasteiger partial charge in [0.2, 0.25) is 5.88 Å². The number of anilines is 1. The Labute approximate surface area is 155 Å². The predicted molar refractivity (Wildman–Crippen MR) is 95.8 cm³/mol. The van der Waals surface area contributed by atoms with Gasteiger partial charge in [0.05, 0.1) is 30.3 Å². The fourth-order valence-electron chi connectivity index (χ4n) is 2.72. The Kier molecular flexibility index (Phi) is 4.77. The fourth-order valence-corrected chi connectivity index (χ4v) is 2.72. The third-order valence-electron chi connectivity index (χ3n) is 4.07. The number of rotatable bonds is 4. The van der Waals surface area contributed by atoms with Crippen LogP contribution >= 0.6 is 0 Å². The number of hydrogen-bond donors (Lipinski definition) is 1. The van der Waals surface area contributed by atoms with Gasteiger partial charge in [0, 0.05) is 0 Å². The summed E-state index contributed by atoms with van der Waals surface area (Å²) < 4.78 is 11.7. The van der Waals surface area contributed by atoms with Crippen molar-refractivity contribution in [1.82, 2.24) is 9.78 Å². The molecule has 0 aliphatic rings. The largest absolute Gasteiger partial charge is 0.465 e. The molecule has 1 N–H and O–H groups in total. The summed E-state index contributed by atoms with van der Waals surface area (Å²) in [4.78, 5) is 24.5. The summed E-state index contributed by atoms with van der Waals surface area (Å²) in [5.41, 5.74) is 1.66. The van der Waals surface area contributed by atoms with E-state index in [0.717, 1.165) is 5.69 Å². The average molecular weight is 364 g/mol. The molecule has 0 spiro atoms. The van der Waals surface area contributed by atoms with Gasteiger partial charge in [-0.3, -0.25) is 10.1 Å². The molecule has 0 radical (unpaired) electrons. The van der Waals surface area contributed by atoms with Crippen LogP contribution < -0.4 is 5.32 Å². The average Bonchev–Trinajstić information content (AvgIpc) is 3.21. The van der Waals surface area contributed by atoms with Crippen molar-refractivity contribution >= 4 is 17.8 Å². The highest BCUT2D eigenvalue weighted by Crippen LogP contribution is 2.27. The van der Waals surface area contributed by atoms with Crippen molar-refractivity contribution in [1.29, 1.82) is 5.26 Å². The SMILES string of the molecule is COC(=O)c1c(C)oc(NC(=O)c2cnn(-c3ccccc3)c2C)c1C#N. The lowest BCUT2D eigenvalue weighted by molar-refractivity contribution is 0.0598. The molecule has 1 aromatic carbocycles. The molecule has 0 atom stereocenters. The quantitative estimate of drug-likeness (QED) is 0.713. The van der Waals surface area contributed by atoms with Gasteiger partial charge < -0.3 is 9.15 Å². The number of aromatic nitrogens is 2. The lowest BCUT2D eigenvalue weighted by Crippen LogP contribution is -2.14. The molecule has 0 unspecified atom stereocenters. The molecule has 8 heteroatoms. The number of para-hydroxylation sites is 1. The zero-order valence-corrected chi connectivity index (χ0v) is 14.9. The Morgan fingerprint density at radius 2 is 1.96 bits per heavy atom. The molecule has 3 rings (SSSR count). The minimum absolute atomic E-state index is 0.00740. The number of furan rings is 1. The van der Waals surface area contributed by atoms with Crippen LogP contribution in [0.1, 0.15) is 37.7 Å². The molecule has 2 heterocycles. The highest BCUT2D eigenvalue weighted by molar-refractivity contribution is 6.06. The zero-order chi connectivity index (χ0) is 19.6. The second-order valence-corrected chi connectivity index (χ2v) is 5.69. The number of benzene rings is 1. The summed E-state index contributed by atoms with van der Waals surface area (Å²) in [6, 6.07) is 11.2. The van der Waals surface area contributed by atoms with Crippen LogP contribution in [-0.4, -0.2) is 28.8 Å². The van der Waals surface area contributed by atoms with E-state index in [1.54, 1.807) is 11.6 Å². The smallest absolute Gasteiger partial charge is 0.342 e. The van der Waals surface area contributed by atoms with Crippen LogP contribution in [0.25, 0.3) is 5.69 Å². The molecular weight excluding hydrogens is 348 g/mol. The Balaban J connectivity index is 1.93. The third kappa shape index (κ3) is 3.18. The van der Waals surface area contributed by atoms with Gasteiger partial charge in [0.1, 0.15) is 23.0 Å². The van der Waals surface area contributed by atoms with Gasteiger partial charge in [-0.2, -0.15) is 10.4 Å². The number of nitriles is 1. The van der Waals surface area contributed by atoms with Gasteiger partial charge in [-0.05, 0) is 26.0 Å². The normalized spacial score (nSPS) is 10.3. The number of ether oxygens (including phenoxy) is 1. The summed E-state index contributed by atoms with van der Waals surface area (Å²) in [6.45, 7) is 3.27. The minimum Gasteiger partial charge on any atom is -0.465 e. The van der Waals surface area contributed by atoms with Crippen molar-refractivity contribution in [3.8, 4) is 11.8 Å². The van der Waals surface area contributed by atoms with E-state index in [9.17, 15) is 14.9 Å². The first kappa shape index (κ1) is 17.9. The van der Waals surface area contributed by atoms with Crippen LogP contribution in [0.5, 0.6) is 0 Å². The Hall–Kier alpha value is -3.86. The standard InChI is InChI=1S/C19H16N4O4/c1-11-15(10-21-23(11)13-7-5-4-6-8-13)17(24)22-18-14(9-20)16(12(2)27-18)19(25)26-3/h4-8,10H,1-3H3,(H,22,24). The third-order valence-corrected chi connectivity index (χ3v) is 4.07. The van der Waals surface area contributed by atoms with Gasteiger partial charge in [-0.1, -0.05) is 18.2 Å². The number of nitrogens with zero attached hydrogens (tertiary/aromatic N) is 3. The number of methoxy groups -OCH3 is 1. The first-order valence-corrected chi connectivity index (χ1v) is 8.01. The summed E-state index contributed by atoms with van der Waals surface area (Å²) >= 11 is 0. The fraction of sp³-hybridized carbons (Fsp3) is 0.158. The molecule has 0 aliphatic heterocycles. The molecular formula is C19H16N4O4. The van der Waals surface area contributed by atoms with E-state index >= 15 is 0 Å². The maximum Gasteiger partial charge on any atom is 0.342 e. The monoisotopic (exact) mass is 364 g/mol. The first-order valence-electron chi connectivity index (χ1n) is 8.01. The number of nitrogens with one attached hydrogen (secondary N) is 1. The van der Waals surface area contributed by atoms with E-state index in [0.29, 0.717) is 11.3 Å². The zero-order valence-electron chi connectivity index (χ0n) is 14.9. The number of carbonyl (C=O) groups is 2. The van der Waals surface area contributed by atoms with Crippen molar-refractivity contribution in [3.05, 3.63) is 64.7 Å². The summed E-state index contributed by atoms with van der Waals surface area (Å²) in [5, 5.41) is 16.1. The van der Waals surface area contributed by atoms with E-state index < -0.39 is 11.9 Å². The van der Waals surface area contributed by atoms with Crippen LogP contribution in [0.3, 0.4) is 0 Å². The van der Waals surface area contributed by atoms with Crippen molar-refractivity contribution in [2.75, 3.05) is 12.4 Å². The molecule has 3 aromatic rings.